The minimum atomic E-state index is -0.530. The van der Waals surface area contributed by atoms with Gasteiger partial charge in [0, 0.05) is 14.1 Å². The monoisotopic (exact) mass is 408 g/mol. The topological polar surface area (TPSA) is 103 Å². The Labute approximate surface area is 162 Å². The SMILES string of the molecule is Cn1c(=O)c2c(ncn2CC(=O)N/N=C\c2ccc(Cl)c(Cl)c2)n(C)c1=O. The molecule has 2 aromatic heterocycles. The number of carbonyl (C=O) groups excluding carboxylic acids is 1. The van der Waals surface area contributed by atoms with Crippen LogP contribution in [0.1, 0.15) is 5.56 Å². The second kappa shape index (κ2) is 7.37. The number of carbonyl (C=O) groups is 1. The molecule has 0 aliphatic rings. The van der Waals surface area contributed by atoms with Crippen LogP contribution in [0.15, 0.2) is 39.2 Å². The summed E-state index contributed by atoms with van der Waals surface area (Å²) in [6.45, 7) is -0.192. The van der Waals surface area contributed by atoms with Gasteiger partial charge in [0.1, 0.15) is 6.54 Å². The molecule has 11 heteroatoms. The number of hydrogen-bond donors (Lipinski definition) is 1. The number of halogens is 2. The van der Waals surface area contributed by atoms with Crippen LogP contribution in [0, 0.1) is 0 Å². The standard InChI is InChI=1S/C16H14Cl2N6O3/c1-22-14-13(15(26)23(2)16(22)27)24(8-19-14)7-12(25)21-20-6-9-3-4-10(17)11(18)5-9/h3-6,8H,7H2,1-2H3,(H,21,25)/b20-6-. The maximum atomic E-state index is 12.3. The first-order chi connectivity index (χ1) is 12.8. The van der Waals surface area contributed by atoms with E-state index in [4.69, 9.17) is 23.2 Å². The van der Waals surface area contributed by atoms with Crippen LogP contribution in [0.3, 0.4) is 0 Å². The quantitative estimate of drug-likeness (QED) is 0.511. The molecule has 0 spiro atoms. The van der Waals surface area contributed by atoms with Crippen molar-refractivity contribution >= 4 is 46.5 Å². The van der Waals surface area contributed by atoms with E-state index in [1.807, 2.05) is 0 Å². The van der Waals surface area contributed by atoms with E-state index in [1.165, 1.54) is 35.8 Å². The normalized spacial score (nSPS) is 11.4. The Balaban J connectivity index is 1.78. The molecule has 0 bridgehead atoms. The summed E-state index contributed by atoms with van der Waals surface area (Å²) in [4.78, 5) is 40.4. The van der Waals surface area contributed by atoms with Crippen molar-refractivity contribution in [3.05, 3.63) is 61.0 Å². The van der Waals surface area contributed by atoms with Gasteiger partial charge in [0.15, 0.2) is 11.2 Å². The average Bonchev–Trinajstić information content (AvgIpc) is 3.04. The van der Waals surface area contributed by atoms with Crippen molar-refractivity contribution in [2.24, 2.45) is 19.2 Å². The van der Waals surface area contributed by atoms with Gasteiger partial charge in [0.2, 0.25) is 0 Å². The number of rotatable bonds is 4. The van der Waals surface area contributed by atoms with Crippen LogP contribution in [-0.4, -0.2) is 30.8 Å². The van der Waals surface area contributed by atoms with E-state index >= 15 is 0 Å². The summed E-state index contributed by atoms with van der Waals surface area (Å²) in [5.74, 6) is -0.471. The fourth-order valence-electron chi connectivity index (χ4n) is 2.48. The molecular weight excluding hydrogens is 395 g/mol. The number of fused-ring (bicyclic) bond motifs is 1. The van der Waals surface area contributed by atoms with Crippen LogP contribution >= 0.6 is 23.2 Å². The third kappa shape index (κ3) is 3.64. The van der Waals surface area contributed by atoms with Crippen LogP contribution in [0.25, 0.3) is 11.2 Å². The molecule has 1 N–H and O–H groups in total. The third-order valence-electron chi connectivity index (χ3n) is 3.88. The number of aromatic nitrogens is 4. The number of hydrazone groups is 1. The van der Waals surface area contributed by atoms with Gasteiger partial charge in [0.05, 0.1) is 22.6 Å². The van der Waals surface area contributed by atoms with Crippen LogP contribution in [0.4, 0.5) is 0 Å². The molecule has 0 unspecified atom stereocenters. The number of hydrogen-bond acceptors (Lipinski definition) is 5. The molecule has 1 amide bonds. The highest BCUT2D eigenvalue weighted by Gasteiger charge is 2.15. The molecule has 2 heterocycles. The number of nitrogens with zero attached hydrogens (tertiary/aromatic N) is 5. The molecule has 1 aromatic carbocycles. The Morgan fingerprint density at radius 1 is 1.22 bits per heavy atom. The van der Waals surface area contributed by atoms with Gasteiger partial charge < -0.3 is 4.57 Å². The predicted octanol–water partition coefficient (Wildman–Crippen LogP) is 0.891. The summed E-state index contributed by atoms with van der Waals surface area (Å²) in [6, 6.07) is 4.91. The fourth-order valence-corrected chi connectivity index (χ4v) is 2.78. The third-order valence-corrected chi connectivity index (χ3v) is 4.62. The smallest absolute Gasteiger partial charge is 0.315 e. The lowest BCUT2D eigenvalue weighted by molar-refractivity contribution is -0.121. The summed E-state index contributed by atoms with van der Waals surface area (Å²) in [7, 11) is 2.87. The van der Waals surface area contributed by atoms with Gasteiger partial charge in [-0.25, -0.2) is 15.2 Å². The number of aryl methyl sites for hydroxylation is 1. The molecule has 0 radical (unpaired) electrons. The maximum absolute atomic E-state index is 12.3. The second-order valence-electron chi connectivity index (χ2n) is 5.72. The molecule has 140 valence electrons. The van der Waals surface area contributed by atoms with Gasteiger partial charge >= 0.3 is 5.69 Å². The lowest BCUT2D eigenvalue weighted by Gasteiger charge is -2.06. The summed E-state index contributed by atoms with van der Waals surface area (Å²) in [6.07, 6.45) is 2.74. The van der Waals surface area contributed by atoms with Crippen LogP contribution in [0.2, 0.25) is 10.0 Å². The van der Waals surface area contributed by atoms with E-state index in [1.54, 1.807) is 18.2 Å². The van der Waals surface area contributed by atoms with Crippen molar-refractivity contribution in [2.45, 2.75) is 6.54 Å². The molecule has 0 aliphatic heterocycles. The molecule has 0 atom stereocenters. The fraction of sp³-hybridized carbons (Fsp3) is 0.188. The van der Waals surface area contributed by atoms with E-state index in [0.29, 0.717) is 15.6 Å². The van der Waals surface area contributed by atoms with E-state index < -0.39 is 17.2 Å². The summed E-state index contributed by atoms with van der Waals surface area (Å²) < 4.78 is 3.57. The maximum Gasteiger partial charge on any atom is 0.332 e. The Morgan fingerprint density at radius 3 is 2.67 bits per heavy atom. The first kappa shape index (κ1) is 18.9. The van der Waals surface area contributed by atoms with Gasteiger partial charge in [-0.05, 0) is 17.7 Å². The second-order valence-corrected chi connectivity index (χ2v) is 6.53. The van der Waals surface area contributed by atoms with Gasteiger partial charge in [-0.1, -0.05) is 29.3 Å². The average molecular weight is 409 g/mol. The molecule has 27 heavy (non-hydrogen) atoms. The van der Waals surface area contributed by atoms with Gasteiger partial charge in [0.25, 0.3) is 11.5 Å². The molecular formula is C16H14Cl2N6O3. The highest BCUT2D eigenvalue weighted by molar-refractivity contribution is 6.42. The van der Waals surface area contributed by atoms with E-state index in [9.17, 15) is 14.4 Å². The summed E-state index contributed by atoms with van der Waals surface area (Å²) >= 11 is 11.7. The molecule has 0 saturated heterocycles. The Hall–Kier alpha value is -2.91. The minimum Gasteiger partial charge on any atom is -0.315 e. The van der Waals surface area contributed by atoms with Crippen LogP contribution in [0.5, 0.6) is 0 Å². The van der Waals surface area contributed by atoms with E-state index in [-0.39, 0.29) is 17.7 Å². The molecule has 0 saturated carbocycles. The van der Waals surface area contributed by atoms with E-state index in [2.05, 4.69) is 15.5 Å². The van der Waals surface area contributed by atoms with Crippen LogP contribution < -0.4 is 16.7 Å². The molecule has 0 fully saturated rings. The first-order valence-electron chi connectivity index (χ1n) is 7.67. The summed E-state index contributed by atoms with van der Waals surface area (Å²) in [5.41, 5.74) is 2.35. The zero-order valence-electron chi connectivity index (χ0n) is 14.3. The minimum absolute atomic E-state index is 0.156. The van der Waals surface area contributed by atoms with Gasteiger partial charge in [-0.2, -0.15) is 5.10 Å². The predicted molar refractivity (Wildman–Crippen MR) is 102 cm³/mol. The Bertz CT molecular complexity index is 1190. The van der Waals surface area contributed by atoms with Crippen molar-refractivity contribution in [3.8, 4) is 0 Å². The lowest BCUT2D eigenvalue weighted by atomic mass is 10.2. The van der Waals surface area contributed by atoms with E-state index in [0.717, 1.165) is 4.57 Å². The number of imidazole rings is 1. The first-order valence-corrected chi connectivity index (χ1v) is 8.43. The highest BCUT2D eigenvalue weighted by atomic mass is 35.5. The zero-order valence-corrected chi connectivity index (χ0v) is 15.8. The lowest BCUT2D eigenvalue weighted by Crippen LogP contribution is -2.38. The van der Waals surface area contributed by atoms with Crippen LogP contribution in [-0.2, 0) is 25.4 Å². The van der Waals surface area contributed by atoms with Gasteiger partial charge in [-0.3, -0.25) is 18.7 Å². The van der Waals surface area contributed by atoms with Gasteiger partial charge in [-0.15, -0.1) is 0 Å². The Kier molecular flexibility index (Phi) is 5.15. The van der Waals surface area contributed by atoms with Crippen molar-refractivity contribution in [1.29, 1.82) is 0 Å². The van der Waals surface area contributed by atoms with Crippen molar-refractivity contribution in [3.63, 3.8) is 0 Å². The molecule has 3 aromatic rings. The zero-order chi connectivity index (χ0) is 19.7. The largest absolute Gasteiger partial charge is 0.332 e. The highest BCUT2D eigenvalue weighted by Crippen LogP contribution is 2.21. The van der Waals surface area contributed by atoms with Crippen molar-refractivity contribution < 1.29 is 4.79 Å². The molecule has 3 rings (SSSR count). The summed E-state index contributed by atoms with van der Waals surface area (Å²) in [5, 5.41) is 4.64. The van der Waals surface area contributed by atoms with Crippen molar-refractivity contribution in [2.75, 3.05) is 0 Å². The molecule has 0 aliphatic carbocycles. The molecule has 9 nitrogen and oxygen atoms in total. The Morgan fingerprint density at radius 2 is 1.96 bits per heavy atom. The number of amides is 1. The number of benzene rings is 1. The van der Waals surface area contributed by atoms with Crippen molar-refractivity contribution in [1.82, 2.24) is 24.1 Å². The number of nitrogens with one attached hydrogen (secondary N) is 1.